The van der Waals surface area contributed by atoms with Gasteiger partial charge in [-0.15, -0.1) is 0 Å². The van der Waals surface area contributed by atoms with Gasteiger partial charge in [-0.05, 0) is 41.5 Å². The third-order valence-electron chi connectivity index (χ3n) is 5.75. The smallest absolute Gasteiger partial charge is 0.307 e. The topological polar surface area (TPSA) is 57.6 Å². The van der Waals surface area contributed by atoms with Crippen molar-refractivity contribution in [2.75, 3.05) is 13.1 Å². The molecule has 1 amide bonds. The molecule has 0 aliphatic carbocycles. The number of aliphatic carboxylic acids is 1. The van der Waals surface area contributed by atoms with Gasteiger partial charge >= 0.3 is 5.97 Å². The monoisotopic (exact) mass is 507 g/mol. The quantitative estimate of drug-likeness (QED) is 0.479. The molecule has 1 aliphatic rings. The fourth-order valence-electron chi connectivity index (χ4n) is 4.00. The maximum absolute atomic E-state index is 14.6. The van der Waals surface area contributed by atoms with E-state index in [4.69, 9.17) is 11.6 Å². The van der Waals surface area contributed by atoms with Gasteiger partial charge < -0.3 is 10.0 Å². The van der Waals surface area contributed by atoms with Gasteiger partial charge in [-0.3, -0.25) is 9.59 Å². The number of carboxylic acids is 1. The van der Waals surface area contributed by atoms with Crippen LogP contribution in [-0.2, 0) is 16.0 Å². The van der Waals surface area contributed by atoms with Crippen LogP contribution in [0.15, 0.2) is 53.0 Å². The average Bonchev–Trinajstić information content (AvgIpc) is 2.71. The van der Waals surface area contributed by atoms with E-state index in [0.717, 1.165) is 5.56 Å². The minimum atomic E-state index is -0.889. The van der Waals surface area contributed by atoms with E-state index in [1.54, 1.807) is 11.0 Å². The first kappa shape index (κ1) is 23.5. The van der Waals surface area contributed by atoms with E-state index in [0.29, 0.717) is 41.5 Å². The molecule has 3 rings (SSSR count). The predicted molar refractivity (Wildman–Crippen MR) is 123 cm³/mol. The zero-order valence-electron chi connectivity index (χ0n) is 17.4. The summed E-state index contributed by atoms with van der Waals surface area (Å²) in [5, 5.41) is 9.87. The van der Waals surface area contributed by atoms with Crippen molar-refractivity contribution in [2.45, 2.75) is 26.7 Å². The Bertz CT molecular complexity index is 1020. The van der Waals surface area contributed by atoms with E-state index in [1.807, 2.05) is 44.2 Å². The Balaban J connectivity index is 1.79. The first-order chi connectivity index (χ1) is 14.6. The van der Waals surface area contributed by atoms with Gasteiger partial charge in [-0.1, -0.05) is 71.7 Å². The first-order valence-electron chi connectivity index (χ1n) is 10.00. The molecule has 0 aromatic heterocycles. The van der Waals surface area contributed by atoms with E-state index in [9.17, 15) is 19.1 Å². The van der Waals surface area contributed by atoms with Gasteiger partial charge in [0.1, 0.15) is 5.82 Å². The second-order valence-corrected chi connectivity index (χ2v) is 9.73. The second kappa shape index (κ2) is 9.53. The van der Waals surface area contributed by atoms with Gasteiger partial charge in [-0.25, -0.2) is 4.39 Å². The third kappa shape index (κ3) is 5.36. The van der Waals surface area contributed by atoms with E-state index in [1.165, 1.54) is 12.1 Å². The van der Waals surface area contributed by atoms with Crippen LogP contribution >= 0.6 is 27.5 Å². The Hall–Kier alpha value is -2.18. The molecule has 1 N–H and O–H groups in total. The molecule has 1 aliphatic heterocycles. The predicted octanol–water partition coefficient (Wildman–Crippen LogP) is 5.83. The molecule has 0 fully saturated rings. The molecule has 1 atom stereocenters. The van der Waals surface area contributed by atoms with Crippen molar-refractivity contribution in [2.24, 2.45) is 11.3 Å². The highest BCUT2D eigenvalue weighted by atomic mass is 79.9. The maximum Gasteiger partial charge on any atom is 0.307 e. The number of carbonyl (C=O) groups is 2. The number of carboxylic acid groups (broad SMARTS) is 1. The zero-order valence-corrected chi connectivity index (χ0v) is 19.7. The minimum Gasteiger partial charge on any atom is -0.481 e. The third-order valence-corrected chi connectivity index (χ3v) is 6.70. The molecule has 164 valence electrons. The Morgan fingerprint density at radius 2 is 1.94 bits per heavy atom. The standard InChI is InChI=1S/C24H24BrClFNO3/c1-24(2,17(23(30)31)12-15-6-4-3-5-7-15)14-28-11-10-16(13-20(28)29)21-18(25)8-9-19(26)22(21)27/h3-9,13,17H,10-12,14H2,1-2H3,(H,30,31). The molecular weight excluding hydrogens is 485 g/mol. The van der Waals surface area contributed by atoms with Crippen LogP contribution in [0.5, 0.6) is 0 Å². The summed E-state index contributed by atoms with van der Waals surface area (Å²) in [5.41, 5.74) is 1.15. The van der Waals surface area contributed by atoms with E-state index in [-0.39, 0.29) is 10.9 Å². The van der Waals surface area contributed by atoms with E-state index in [2.05, 4.69) is 15.9 Å². The summed E-state index contributed by atoms with van der Waals surface area (Å²) in [6, 6.07) is 12.6. The molecule has 0 saturated carbocycles. The van der Waals surface area contributed by atoms with Gasteiger partial charge in [0.2, 0.25) is 5.91 Å². The SMILES string of the molecule is CC(C)(CN1CCC(c2c(Br)ccc(Cl)c2F)=CC1=O)C(Cc1ccccc1)C(=O)O. The van der Waals surface area contributed by atoms with Crippen molar-refractivity contribution >= 4 is 45.0 Å². The van der Waals surface area contributed by atoms with Crippen LogP contribution in [-0.4, -0.2) is 35.0 Å². The molecule has 0 bridgehead atoms. The second-order valence-electron chi connectivity index (χ2n) is 8.47. The number of rotatable bonds is 7. The molecule has 7 heteroatoms. The molecular formula is C24H24BrClFNO3. The van der Waals surface area contributed by atoms with Crippen LogP contribution in [0, 0.1) is 17.2 Å². The molecule has 2 aromatic carbocycles. The molecule has 1 unspecified atom stereocenters. The molecule has 2 aromatic rings. The van der Waals surface area contributed by atoms with Crippen molar-refractivity contribution < 1.29 is 19.1 Å². The lowest BCUT2D eigenvalue weighted by atomic mass is 9.75. The number of hydrogen-bond donors (Lipinski definition) is 1. The zero-order chi connectivity index (χ0) is 22.8. The van der Waals surface area contributed by atoms with E-state index >= 15 is 0 Å². The fraction of sp³-hybridized carbons (Fsp3) is 0.333. The van der Waals surface area contributed by atoms with Gasteiger partial charge in [0, 0.05) is 29.2 Å². The number of halogens is 3. The van der Waals surface area contributed by atoms with Crippen molar-refractivity contribution in [3.8, 4) is 0 Å². The summed E-state index contributed by atoms with van der Waals surface area (Å²) in [6.07, 6.45) is 2.26. The van der Waals surface area contributed by atoms with Crippen LogP contribution in [0.3, 0.4) is 0 Å². The Morgan fingerprint density at radius 3 is 2.55 bits per heavy atom. The van der Waals surface area contributed by atoms with Gasteiger partial charge in [0.25, 0.3) is 0 Å². The minimum absolute atomic E-state index is 0.000300. The van der Waals surface area contributed by atoms with Gasteiger partial charge in [0.05, 0.1) is 10.9 Å². The van der Waals surface area contributed by atoms with Crippen LogP contribution in [0.4, 0.5) is 4.39 Å². The number of benzene rings is 2. The van der Waals surface area contributed by atoms with Crippen LogP contribution in [0.2, 0.25) is 5.02 Å². The van der Waals surface area contributed by atoms with Gasteiger partial charge in [0.15, 0.2) is 0 Å². The van der Waals surface area contributed by atoms with Crippen LogP contribution in [0.25, 0.3) is 5.57 Å². The Morgan fingerprint density at radius 1 is 1.26 bits per heavy atom. The summed E-state index contributed by atoms with van der Waals surface area (Å²) in [4.78, 5) is 26.5. The molecule has 0 saturated heterocycles. The molecule has 0 radical (unpaired) electrons. The molecule has 1 heterocycles. The highest BCUT2D eigenvalue weighted by Gasteiger charge is 2.38. The lowest BCUT2D eigenvalue weighted by Crippen LogP contribution is -2.46. The lowest BCUT2D eigenvalue weighted by Gasteiger charge is -2.38. The highest BCUT2D eigenvalue weighted by molar-refractivity contribution is 9.10. The Kier molecular flexibility index (Phi) is 7.22. The van der Waals surface area contributed by atoms with Gasteiger partial charge in [-0.2, -0.15) is 0 Å². The van der Waals surface area contributed by atoms with Crippen molar-refractivity contribution in [3.05, 3.63) is 75.0 Å². The summed E-state index contributed by atoms with van der Waals surface area (Å²) < 4.78 is 15.1. The van der Waals surface area contributed by atoms with Crippen LogP contribution in [0.1, 0.15) is 31.4 Å². The number of carbonyl (C=O) groups excluding carboxylic acids is 1. The number of hydrogen-bond acceptors (Lipinski definition) is 2. The molecule has 4 nitrogen and oxygen atoms in total. The van der Waals surface area contributed by atoms with Crippen molar-refractivity contribution in [1.82, 2.24) is 4.90 Å². The lowest BCUT2D eigenvalue weighted by molar-refractivity contribution is -0.147. The summed E-state index contributed by atoms with van der Waals surface area (Å²) >= 11 is 9.25. The van der Waals surface area contributed by atoms with Crippen molar-refractivity contribution in [3.63, 3.8) is 0 Å². The maximum atomic E-state index is 14.6. The molecule has 31 heavy (non-hydrogen) atoms. The number of amides is 1. The van der Waals surface area contributed by atoms with Crippen molar-refractivity contribution in [1.29, 1.82) is 0 Å². The van der Waals surface area contributed by atoms with Crippen LogP contribution < -0.4 is 0 Å². The fourth-order valence-corrected chi connectivity index (χ4v) is 4.72. The normalized spacial score (nSPS) is 15.6. The first-order valence-corrected chi connectivity index (χ1v) is 11.2. The average molecular weight is 509 g/mol. The number of nitrogens with zero attached hydrogens (tertiary/aromatic N) is 1. The molecule has 0 spiro atoms. The highest BCUT2D eigenvalue weighted by Crippen LogP contribution is 2.36. The summed E-state index contributed by atoms with van der Waals surface area (Å²) in [6.45, 7) is 4.41. The largest absolute Gasteiger partial charge is 0.481 e. The summed E-state index contributed by atoms with van der Waals surface area (Å²) in [7, 11) is 0. The summed E-state index contributed by atoms with van der Waals surface area (Å²) in [5.74, 6) is -2.37. The van der Waals surface area contributed by atoms with E-state index < -0.39 is 23.1 Å². The Labute approximate surface area is 194 Å².